The normalized spacial score (nSPS) is 32.6. The van der Waals surface area contributed by atoms with E-state index >= 15 is 0 Å². The first-order valence-electron chi connectivity index (χ1n) is 5.77. The monoisotopic (exact) mass is 227 g/mol. The van der Waals surface area contributed by atoms with Crippen molar-refractivity contribution in [1.29, 1.82) is 0 Å². The Bertz CT molecular complexity index is 304. The molecule has 1 N–H and O–H groups in total. The standard InChI is InChI=1S/C11H17NO4/c1-2-16-11(15)10(14)12-5-7-3-4-9(13)8(7)6-12/h7-9,13H,2-6H2,1H3. The van der Waals surface area contributed by atoms with Crippen molar-refractivity contribution < 1.29 is 19.4 Å². The molecule has 0 spiro atoms. The molecule has 5 nitrogen and oxygen atoms in total. The number of carbonyl (C=O) groups is 2. The summed E-state index contributed by atoms with van der Waals surface area (Å²) >= 11 is 0. The van der Waals surface area contributed by atoms with Crippen LogP contribution in [0.5, 0.6) is 0 Å². The molecule has 0 radical (unpaired) electrons. The fraction of sp³-hybridized carbons (Fsp3) is 0.818. The zero-order chi connectivity index (χ0) is 11.7. The van der Waals surface area contributed by atoms with Gasteiger partial charge in [-0.1, -0.05) is 0 Å². The van der Waals surface area contributed by atoms with Gasteiger partial charge in [-0.25, -0.2) is 4.79 Å². The Balaban J connectivity index is 1.94. The van der Waals surface area contributed by atoms with Crippen LogP contribution >= 0.6 is 0 Å². The molecule has 0 aromatic heterocycles. The van der Waals surface area contributed by atoms with E-state index in [1.807, 2.05) is 0 Å². The summed E-state index contributed by atoms with van der Waals surface area (Å²) in [5.74, 6) is -0.841. The first-order valence-corrected chi connectivity index (χ1v) is 5.77. The van der Waals surface area contributed by atoms with Crippen LogP contribution in [0.15, 0.2) is 0 Å². The van der Waals surface area contributed by atoms with E-state index in [1.54, 1.807) is 6.92 Å². The number of likely N-dealkylation sites (tertiary alicyclic amines) is 1. The Labute approximate surface area is 94.4 Å². The average Bonchev–Trinajstić information content (AvgIpc) is 2.81. The summed E-state index contributed by atoms with van der Waals surface area (Å²) in [6, 6.07) is 0. The lowest BCUT2D eigenvalue weighted by molar-refractivity contribution is -0.159. The highest BCUT2D eigenvalue weighted by atomic mass is 16.5. The summed E-state index contributed by atoms with van der Waals surface area (Å²) in [5.41, 5.74) is 0. The number of hydrogen-bond acceptors (Lipinski definition) is 4. The number of esters is 1. The van der Waals surface area contributed by atoms with Gasteiger partial charge in [-0.3, -0.25) is 4.79 Å². The van der Waals surface area contributed by atoms with E-state index in [2.05, 4.69) is 4.74 Å². The van der Waals surface area contributed by atoms with Gasteiger partial charge in [0.1, 0.15) is 0 Å². The number of amides is 1. The van der Waals surface area contributed by atoms with E-state index in [0.717, 1.165) is 12.8 Å². The minimum Gasteiger partial charge on any atom is -0.459 e. The molecule has 0 aromatic carbocycles. The van der Waals surface area contributed by atoms with Gasteiger partial charge >= 0.3 is 11.9 Å². The van der Waals surface area contributed by atoms with Crippen LogP contribution in [-0.4, -0.2) is 47.7 Å². The van der Waals surface area contributed by atoms with E-state index in [4.69, 9.17) is 0 Å². The molecule has 0 bridgehead atoms. The highest BCUT2D eigenvalue weighted by Gasteiger charge is 2.44. The highest BCUT2D eigenvalue weighted by Crippen LogP contribution is 2.38. The lowest BCUT2D eigenvalue weighted by Crippen LogP contribution is -2.37. The van der Waals surface area contributed by atoms with Gasteiger partial charge < -0.3 is 14.7 Å². The first-order chi connectivity index (χ1) is 7.63. The molecule has 1 saturated carbocycles. The van der Waals surface area contributed by atoms with Crippen molar-refractivity contribution in [2.45, 2.75) is 25.9 Å². The Morgan fingerprint density at radius 1 is 1.38 bits per heavy atom. The van der Waals surface area contributed by atoms with Crippen molar-refractivity contribution in [3.05, 3.63) is 0 Å². The van der Waals surface area contributed by atoms with Crippen LogP contribution < -0.4 is 0 Å². The molecular weight excluding hydrogens is 210 g/mol. The van der Waals surface area contributed by atoms with Gasteiger partial charge in [-0.05, 0) is 25.7 Å². The van der Waals surface area contributed by atoms with Crippen LogP contribution in [0.25, 0.3) is 0 Å². The number of fused-ring (bicyclic) bond motifs is 1. The summed E-state index contributed by atoms with van der Waals surface area (Å²) in [6.45, 7) is 2.96. The largest absolute Gasteiger partial charge is 0.459 e. The fourth-order valence-electron chi connectivity index (χ4n) is 2.72. The third kappa shape index (κ3) is 1.91. The summed E-state index contributed by atoms with van der Waals surface area (Å²) < 4.78 is 4.67. The Kier molecular flexibility index (Phi) is 3.14. The van der Waals surface area contributed by atoms with Crippen molar-refractivity contribution in [1.82, 2.24) is 4.90 Å². The summed E-state index contributed by atoms with van der Waals surface area (Å²) in [4.78, 5) is 24.4. The van der Waals surface area contributed by atoms with Gasteiger partial charge in [-0.15, -0.1) is 0 Å². The van der Waals surface area contributed by atoms with Crippen LogP contribution in [0.1, 0.15) is 19.8 Å². The van der Waals surface area contributed by atoms with E-state index in [1.165, 1.54) is 4.90 Å². The molecule has 1 amide bonds. The smallest absolute Gasteiger partial charge is 0.397 e. The molecular formula is C11H17NO4. The zero-order valence-corrected chi connectivity index (χ0v) is 9.39. The number of nitrogens with zero attached hydrogens (tertiary/aromatic N) is 1. The average molecular weight is 227 g/mol. The van der Waals surface area contributed by atoms with Gasteiger partial charge in [0.15, 0.2) is 0 Å². The van der Waals surface area contributed by atoms with Gasteiger partial charge in [0, 0.05) is 19.0 Å². The van der Waals surface area contributed by atoms with Crippen molar-refractivity contribution in [3.63, 3.8) is 0 Å². The number of hydrogen-bond donors (Lipinski definition) is 1. The second kappa shape index (κ2) is 4.41. The topological polar surface area (TPSA) is 66.8 Å². The molecule has 3 atom stereocenters. The molecule has 90 valence electrons. The lowest BCUT2D eigenvalue weighted by atomic mass is 10.00. The summed E-state index contributed by atoms with van der Waals surface area (Å²) in [5, 5.41) is 9.69. The molecule has 1 aliphatic heterocycles. The van der Waals surface area contributed by atoms with Crippen molar-refractivity contribution in [3.8, 4) is 0 Å². The first kappa shape index (κ1) is 11.4. The van der Waals surface area contributed by atoms with E-state index in [-0.39, 0.29) is 18.6 Å². The minimum atomic E-state index is -0.781. The lowest BCUT2D eigenvalue weighted by Gasteiger charge is -2.16. The summed E-state index contributed by atoms with van der Waals surface area (Å²) in [7, 11) is 0. The number of ether oxygens (including phenoxy) is 1. The second-order valence-corrected chi connectivity index (χ2v) is 4.50. The molecule has 2 rings (SSSR count). The fourth-order valence-corrected chi connectivity index (χ4v) is 2.72. The Hall–Kier alpha value is -1.10. The van der Waals surface area contributed by atoms with Gasteiger partial charge in [0.05, 0.1) is 12.7 Å². The van der Waals surface area contributed by atoms with E-state index in [9.17, 15) is 14.7 Å². The second-order valence-electron chi connectivity index (χ2n) is 4.50. The van der Waals surface area contributed by atoms with Crippen molar-refractivity contribution in [2.24, 2.45) is 11.8 Å². The maximum atomic E-state index is 11.6. The van der Waals surface area contributed by atoms with Gasteiger partial charge in [0.25, 0.3) is 0 Å². The quantitative estimate of drug-likeness (QED) is 0.497. The number of rotatable bonds is 1. The Morgan fingerprint density at radius 3 is 2.75 bits per heavy atom. The predicted octanol–water partition coefficient (Wildman–Crippen LogP) is -0.221. The van der Waals surface area contributed by atoms with Gasteiger partial charge in [-0.2, -0.15) is 0 Å². The molecule has 3 unspecified atom stereocenters. The molecule has 2 aliphatic rings. The van der Waals surface area contributed by atoms with Crippen molar-refractivity contribution >= 4 is 11.9 Å². The molecule has 16 heavy (non-hydrogen) atoms. The molecule has 1 aliphatic carbocycles. The molecule has 5 heteroatoms. The number of carbonyl (C=O) groups excluding carboxylic acids is 2. The summed E-state index contributed by atoms with van der Waals surface area (Å²) in [6.07, 6.45) is 1.44. The number of aliphatic hydroxyl groups is 1. The zero-order valence-electron chi connectivity index (χ0n) is 9.39. The minimum absolute atomic E-state index is 0.151. The Morgan fingerprint density at radius 2 is 2.12 bits per heavy atom. The molecule has 0 aromatic rings. The van der Waals surface area contributed by atoms with Crippen LogP contribution in [0.2, 0.25) is 0 Å². The highest BCUT2D eigenvalue weighted by molar-refractivity contribution is 6.32. The molecule has 1 saturated heterocycles. The maximum Gasteiger partial charge on any atom is 0.397 e. The maximum absolute atomic E-state index is 11.6. The van der Waals surface area contributed by atoms with Crippen molar-refractivity contribution in [2.75, 3.05) is 19.7 Å². The van der Waals surface area contributed by atoms with E-state index < -0.39 is 11.9 Å². The van der Waals surface area contributed by atoms with Crippen LogP contribution in [0.3, 0.4) is 0 Å². The SMILES string of the molecule is CCOC(=O)C(=O)N1CC2CCC(O)C2C1. The number of aliphatic hydroxyl groups excluding tert-OH is 1. The van der Waals surface area contributed by atoms with Crippen LogP contribution in [0.4, 0.5) is 0 Å². The van der Waals surface area contributed by atoms with Gasteiger partial charge in [0.2, 0.25) is 0 Å². The third-order valence-corrected chi connectivity index (χ3v) is 3.56. The predicted molar refractivity (Wildman–Crippen MR) is 55.4 cm³/mol. The van der Waals surface area contributed by atoms with Crippen LogP contribution in [-0.2, 0) is 14.3 Å². The molecule has 1 heterocycles. The third-order valence-electron chi connectivity index (χ3n) is 3.56. The van der Waals surface area contributed by atoms with Crippen LogP contribution in [0, 0.1) is 11.8 Å². The van der Waals surface area contributed by atoms with E-state index in [0.29, 0.717) is 19.0 Å². The molecule has 2 fully saturated rings.